The zero-order valence-electron chi connectivity index (χ0n) is 8.01. The number of Topliss-reactive ketones (excluding diaryl/α,β-unsaturated/α-hetero) is 1. The fraction of sp³-hybridized carbons (Fsp3) is 0.750. The number of ketones is 1. The quantitative estimate of drug-likeness (QED) is 0.751. The Bertz CT molecular complexity index is 295. The number of nitrogens with one attached hydrogen (secondary N) is 1. The van der Waals surface area contributed by atoms with Crippen molar-refractivity contribution in [3.05, 3.63) is 0 Å². The van der Waals surface area contributed by atoms with Crippen molar-refractivity contribution in [1.29, 1.82) is 0 Å². The van der Waals surface area contributed by atoms with Gasteiger partial charge in [-0.25, -0.2) is 0 Å². The lowest BCUT2D eigenvalue weighted by atomic mass is 9.99. The molecule has 1 saturated heterocycles. The van der Waals surface area contributed by atoms with Gasteiger partial charge in [-0.15, -0.1) is 11.6 Å². The molecule has 1 heterocycles. The van der Waals surface area contributed by atoms with E-state index in [4.69, 9.17) is 16.3 Å². The van der Waals surface area contributed by atoms with Crippen molar-refractivity contribution in [2.24, 2.45) is 5.92 Å². The fourth-order valence-corrected chi connectivity index (χ4v) is 1.56. The zero-order valence-corrected chi connectivity index (χ0v) is 8.77. The van der Waals surface area contributed by atoms with E-state index >= 15 is 0 Å². The first-order valence-corrected chi connectivity index (χ1v) is 4.94. The Hall–Kier alpha value is -0.820. The topological polar surface area (TPSA) is 55.4 Å². The number of hydrogen-bond acceptors (Lipinski definition) is 3. The van der Waals surface area contributed by atoms with Gasteiger partial charge in [0.15, 0.2) is 5.78 Å². The number of carbonyl (C=O) groups excluding carboxylic acids is 2. The molecular formula is C8H9ClF3NO3. The van der Waals surface area contributed by atoms with Gasteiger partial charge in [0.05, 0.1) is 31.1 Å². The van der Waals surface area contributed by atoms with E-state index in [9.17, 15) is 22.8 Å². The van der Waals surface area contributed by atoms with Gasteiger partial charge in [-0.3, -0.25) is 9.59 Å². The summed E-state index contributed by atoms with van der Waals surface area (Å²) < 4.78 is 40.7. The van der Waals surface area contributed by atoms with Crippen molar-refractivity contribution < 1.29 is 27.5 Å². The van der Waals surface area contributed by atoms with Gasteiger partial charge in [-0.1, -0.05) is 0 Å². The van der Waals surface area contributed by atoms with Gasteiger partial charge in [0.1, 0.15) is 0 Å². The molecule has 16 heavy (non-hydrogen) atoms. The number of hydrogen-bond donors (Lipinski definition) is 1. The highest BCUT2D eigenvalue weighted by Crippen LogP contribution is 2.19. The second-order valence-electron chi connectivity index (χ2n) is 3.32. The van der Waals surface area contributed by atoms with Crippen LogP contribution in [0.5, 0.6) is 0 Å². The predicted molar refractivity (Wildman–Crippen MR) is 48.0 cm³/mol. The molecule has 0 aromatic rings. The maximum absolute atomic E-state index is 11.9. The van der Waals surface area contributed by atoms with Crippen molar-refractivity contribution in [3.63, 3.8) is 0 Å². The van der Waals surface area contributed by atoms with Crippen LogP contribution in [0.25, 0.3) is 0 Å². The van der Waals surface area contributed by atoms with Gasteiger partial charge in [-0.2, -0.15) is 13.2 Å². The predicted octanol–water partition coefficient (Wildman–Crippen LogP) is 0.488. The molecule has 1 rings (SSSR count). The van der Waals surface area contributed by atoms with Gasteiger partial charge in [-0.05, 0) is 0 Å². The summed E-state index contributed by atoms with van der Waals surface area (Å²) in [6.07, 6.45) is -4.96. The molecule has 1 amide bonds. The van der Waals surface area contributed by atoms with Crippen LogP contribution < -0.4 is 5.32 Å². The van der Waals surface area contributed by atoms with Crippen molar-refractivity contribution in [3.8, 4) is 0 Å². The highest BCUT2D eigenvalue weighted by molar-refractivity contribution is 6.28. The number of halogens is 4. The van der Waals surface area contributed by atoms with E-state index in [-0.39, 0.29) is 19.1 Å². The van der Waals surface area contributed by atoms with Gasteiger partial charge >= 0.3 is 12.1 Å². The largest absolute Gasteiger partial charge is 0.471 e. The summed E-state index contributed by atoms with van der Waals surface area (Å²) in [5, 5.41) is 1.72. The van der Waals surface area contributed by atoms with E-state index in [0.29, 0.717) is 0 Å². The maximum Gasteiger partial charge on any atom is 0.471 e. The molecular weight excluding hydrogens is 251 g/mol. The minimum Gasteiger partial charge on any atom is -0.378 e. The molecule has 1 aliphatic heterocycles. The van der Waals surface area contributed by atoms with Crippen LogP contribution >= 0.6 is 11.6 Å². The molecule has 92 valence electrons. The van der Waals surface area contributed by atoms with Crippen molar-refractivity contribution in [2.75, 3.05) is 19.1 Å². The van der Waals surface area contributed by atoms with Crippen LogP contribution in [0.15, 0.2) is 0 Å². The molecule has 0 spiro atoms. The molecule has 4 nitrogen and oxygen atoms in total. The summed E-state index contributed by atoms with van der Waals surface area (Å²) in [4.78, 5) is 21.9. The number of alkyl halides is 4. The molecule has 1 aliphatic rings. The molecule has 2 atom stereocenters. The molecule has 8 heteroatoms. The van der Waals surface area contributed by atoms with Crippen molar-refractivity contribution in [1.82, 2.24) is 5.32 Å². The Balaban J connectivity index is 2.60. The van der Waals surface area contributed by atoms with Crippen LogP contribution in [0, 0.1) is 5.92 Å². The van der Waals surface area contributed by atoms with Gasteiger partial charge < -0.3 is 10.1 Å². The minimum atomic E-state index is -4.96. The second-order valence-corrected chi connectivity index (χ2v) is 3.59. The molecule has 0 aliphatic carbocycles. The highest BCUT2D eigenvalue weighted by Gasteiger charge is 2.43. The Kier molecular flexibility index (Phi) is 4.15. The average Bonchev–Trinajstić information content (AvgIpc) is 2.63. The summed E-state index contributed by atoms with van der Waals surface area (Å²) in [5.74, 6) is -3.63. The van der Waals surface area contributed by atoms with Crippen LogP contribution in [-0.4, -0.2) is 43.0 Å². The number of ether oxygens (including phenoxy) is 1. The van der Waals surface area contributed by atoms with Crippen LogP contribution in [0.1, 0.15) is 0 Å². The second kappa shape index (κ2) is 5.01. The van der Waals surface area contributed by atoms with Gasteiger partial charge in [0.25, 0.3) is 0 Å². The first-order chi connectivity index (χ1) is 7.36. The number of carbonyl (C=O) groups is 2. The lowest BCUT2D eigenvalue weighted by molar-refractivity contribution is -0.174. The lowest BCUT2D eigenvalue weighted by Crippen LogP contribution is -2.48. The van der Waals surface area contributed by atoms with E-state index in [2.05, 4.69) is 0 Å². The molecule has 2 unspecified atom stereocenters. The van der Waals surface area contributed by atoms with E-state index in [1.54, 1.807) is 5.32 Å². The van der Waals surface area contributed by atoms with E-state index in [0.717, 1.165) is 0 Å². The fourth-order valence-electron chi connectivity index (χ4n) is 1.36. The summed E-state index contributed by atoms with van der Waals surface area (Å²) in [5.41, 5.74) is 0. The number of amides is 1. The van der Waals surface area contributed by atoms with Crippen LogP contribution in [0.3, 0.4) is 0 Å². The summed E-state index contributed by atoms with van der Waals surface area (Å²) in [6, 6.07) is -0.958. The van der Waals surface area contributed by atoms with Crippen molar-refractivity contribution in [2.45, 2.75) is 12.2 Å². The monoisotopic (exact) mass is 259 g/mol. The van der Waals surface area contributed by atoms with E-state index in [1.165, 1.54) is 0 Å². The van der Waals surface area contributed by atoms with Crippen LogP contribution in [0.2, 0.25) is 0 Å². The molecule has 0 bridgehead atoms. The SMILES string of the molecule is O=C(CCl)C1COCC1NC(=O)C(F)(F)F. The Morgan fingerprint density at radius 1 is 1.38 bits per heavy atom. The minimum absolute atomic E-state index is 0.0195. The first-order valence-electron chi connectivity index (χ1n) is 4.40. The maximum atomic E-state index is 11.9. The normalized spacial score (nSPS) is 25.5. The van der Waals surface area contributed by atoms with Crippen molar-refractivity contribution >= 4 is 23.3 Å². The zero-order chi connectivity index (χ0) is 12.3. The molecule has 0 saturated carbocycles. The third-order valence-electron chi connectivity index (χ3n) is 2.20. The first kappa shape index (κ1) is 13.2. The highest BCUT2D eigenvalue weighted by atomic mass is 35.5. The molecule has 1 fully saturated rings. The van der Waals surface area contributed by atoms with Gasteiger partial charge in [0.2, 0.25) is 0 Å². The van der Waals surface area contributed by atoms with E-state index in [1.807, 2.05) is 0 Å². The smallest absolute Gasteiger partial charge is 0.378 e. The number of rotatable bonds is 3. The third kappa shape index (κ3) is 3.08. The third-order valence-corrected chi connectivity index (χ3v) is 2.46. The Morgan fingerprint density at radius 2 is 2.00 bits per heavy atom. The molecule has 0 radical (unpaired) electrons. The average molecular weight is 260 g/mol. The Labute approximate surface area is 94.1 Å². The van der Waals surface area contributed by atoms with Crippen LogP contribution in [0.4, 0.5) is 13.2 Å². The van der Waals surface area contributed by atoms with Gasteiger partial charge in [0, 0.05) is 0 Å². The Morgan fingerprint density at radius 3 is 2.50 bits per heavy atom. The molecule has 0 aromatic heterocycles. The summed E-state index contributed by atoms with van der Waals surface area (Å²) in [6.45, 7) is -0.135. The summed E-state index contributed by atoms with van der Waals surface area (Å²) >= 11 is 5.28. The van der Waals surface area contributed by atoms with E-state index < -0.39 is 29.8 Å². The summed E-state index contributed by atoms with van der Waals surface area (Å²) in [7, 11) is 0. The molecule has 1 N–H and O–H groups in total. The lowest BCUT2D eigenvalue weighted by Gasteiger charge is -2.17. The molecule has 0 aromatic carbocycles. The van der Waals surface area contributed by atoms with Crippen LogP contribution in [-0.2, 0) is 14.3 Å². The standard InChI is InChI=1S/C8H9ClF3NO3/c9-1-6(14)4-2-16-3-5(4)13-7(15)8(10,11)12/h4-5H,1-3H2,(H,13,15).